The summed E-state index contributed by atoms with van der Waals surface area (Å²) in [6.07, 6.45) is 11.8. The van der Waals surface area contributed by atoms with Crippen molar-refractivity contribution in [3.8, 4) is 0 Å². The third-order valence-electron chi connectivity index (χ3n) is 3.58. The van der Waals surface area contributed by atoms with E-state index in [1.54, 1.807) is 0 Å². The lowest BCUT2D eigenvalue weighted by Gasteiger charge is -2.18. The summed E-state index contributed by atoms with van der Waals surface area (Å²) >= 11 is 0. The second-order valence-electron chi connectivity index (χ2n) is 5.72. The maximum atomic E-state index is 12.7. The monoisotopic (exact) mass is 264 g/mol. The molecule has 0 amide bonds. The van der Waals surface area contributed by atoms with Gasteiger partial charge in [-0.15, -0.1) is 0 Å². The number of hydrogen-bond acceptors (Lipinski definition) is 1. The molecule has 0 aromatic heterocycles. The Kier molecular flexibility index (Phi) is 6.75. The molecule has 2 heteroatoms. The first-order valence-corrected chi connectivity index (χ1v) is 7.15. The highest BCUT2D eigenvalue weighted by molar-refractivity contribution is 5.71. The number of hydrogen-bond donors (Lipinski definition) is 0. The number of rotatable bonds is 6. The highest BCUT2D eigenvalue weighted by Gasteiger charge is 2.21. The van der Waals surface area contributed by atoms with Gasteiger partial charge in [0.1, 0.15) is 0 Å². The normalized spacial score (nSPS) is 19.9. The van der Waals surface area contributed by atoms with Crippen LogP contribution in [0.15, 0.2) is 34.9 Å². The number of carbonyl (C=O) groups is 1. The molecule has 0 aliphatic heterocycles. The molecule has 1 nitrogen and oxygen atoms in total. The Morgan fingerprint density at radius 3 is 2.74 bits per heavy atom. The molecule has 0 fully saturated rings. The van der Waals surface area contributed by atoms with E-state index in [1.165, 1.54) is 16.7 Å². The molecule has 0 aromatic carbocycles. The molecular formula is C17H25FO. The predicted molar refractivity (Wildman–Crippen MR) is 78.6 cm³/mol. The molecular weight excluding hydrogens is 239 g/mol. The van der Waals surface area contributed by atoms with Gasteiger partial charge in [-0.2, -0.15) is 4.39 Å². The fraction of sp³-hybridized carbons (Fsp3) is 0.588. The number of halogens is 1. The highest BCUT2D eigenvalue weighted by atomic mass is 19.1. The van der Waals surface area contributed by atoms with Gasteiger partial charge in [-0.05, 0) is 59.3 Å². The fourth-order valence-corrected chi connectivity index (χ4v) is 2.35. The SMILES string of the molecule is CC(C)=CCC/C(C)=C/CC1=CCCC(C(=O)F)C1. The molecule has 0 heterocycles. The molecule has 0 saturated heterocycles. The van der Waals surface area contributed by atoms with Crippen LogP contribution in [-0.2, 0) is 4.79 Å². The van der Waals surface area contributed by atoms with E-state index in [1.807, 2.05) is 0 Å². The minimum absolute atomic E-state index is 0.389. The van der Waals surface area contributed by atoms with E-state index < -0.39 is 6.04 Å². The van der Waals surface area contributed by atoms with Crippen LogP contribution in [0.3, 0.4) is 0 Å². The quantitative estimate of drug-likeness (QED) is 0.470. The summed E-state index contributed by atoms with van der Waals surface area (Å²) in [5.41, 5.74) is 3.93. The van der Waals surface area contributed by atoms with Crippen LogP contribution in [0.5, 0.6) is 0 Å². The highest BCUT2D eigenvalue weighted by Crippen LogP contribution is 2.27. The Balaban J connectivity index is 2.40. The molecule has 106 valence electrons. The minimum atomic E-state index is -1.14. The summed E-state index contributed by atoms with van der Waals surface area (Å²) in [6, 6.07) is -1.14. The average Bonchev–Trinajstić information content (AvgIpc) is 2.36. The summed E-state index contributed by atoms with van der Waals surface area (Å²) in [7, 11) is 0. The molecule has 1 unspecified atom stereocenters. The van der Waals surface area contributed by atoms with Crippen molar-refractivity contribution in [2.45, 2.75) is 59.3 Å². The second-order valence-corrected chi connectivity index (χ2v) is 5.72. The molecule has 1 rings (SSSR count). The number of allylic oxidation sites excluding steroid dienone is 6. The zero-order valence-corrected chi connectivity index (χ0v) is 12.3. The largest absolute Gasteiger partial charge is 0.304 e. The Labute approximate surface area is 116 Å². The first-order valence-electron chi connectivity index (χ1n) is 7.15. The van der Waals surface area contributed by atoms with E-state index in [0.717, 1.165) is 25.7 Å². The van der Waals surface area contributed by atoms with Crippen LogP contribution in [0.25, 0.3) is 0 Å². The maximum Gasteiger partial charge on any atom is 0.304 e. The predicted octanol–water partition coefficient (Wildman–Crippen LogP) is 5.29. The van der Waals surface area contributed by atoms with Crippen molar-refractivity contribution in [2.24, 2.45) is 5.92 Å². The summed E-state index contributed by atoms with van der Waals surface area (Å²) in [5, 5.41) is 0. The van der Waals surface area contributed by atoms with Crippen molar-refractivity contribution in [1.82, 2.24) is 0 Å². The van der Waals surface area contributed by atoms with Gasteiger partial charge in [-0.1, -0.05) is 34.9 Å². The van der Waals surface area contributed by atoms with Gasteiger partial charge >= 0.3 is 6.04 Å². The Hall–Kier alpha value is -1.18. The molecule has 1 aliphatic rings. The van der Waals surface area contributed by atoms with Crippen molar-refractivity contribution in [2.75, 3.05) is 0 Å². The Bertz CT molecular complexity index is 397. The summed E-state index contributed by atoms with van der Waals surface area (Å²) in [5.74, 6) is -0.389. The van der Waals surface area contributed by atoms with Gasteiger partial charge in [-0.25, -0.2) is 0 Å². The zero-order valence-electron chi connectivity index (χ0n) is 12.3. The first kappa shape index (κ1) is 15.9. The van der Waals surface area contributed by atoms with E-state index in [9.17, 15) is 9.18 Å². The lowest BCUT2D eigenvalue weighted by atomic mass is 9.87. The molecule has 1 atom stereocenters. The Morgan fingerprint density at radius 2 is 2.11 bits per heavy atom. The number of carbonyl (C=O) groups excluding carboxylic acids is 1. The fourth-order valence-electron chi connectivity index (χ4n) is 2.35. The van der Waals surface area contributed by atoms with Crippen LogP contribution in [0.2, 0.25) is 0 Å². The van der Waals surface area contributed by atoms with Crippen molar-refractivity contribution in [3.05, 3.63) is 34.9 Å². The lowest BCUT2D eigenvalue weighted by Crippen LogP contribution is -2.13. The van der Waals surface area contributed by atoms with Gasteiger partial charge in [-0.3, -0.25) is 4.79 Å². The lowest BCUT2D eigenvalue weighted by molar-refractivity contribution is -0.133. The van der Waals surface area contributed by atoms with Gasteiger partial charge in [0.25, 0.3) is 0 Å². The topological polar surface area (TPSA) is 17.1 Å². The second kappa shape index (κ2) is 8.08. The average molecular weight is 264 g/mol. The van der Waals surface area contributed by atoms with Crippen molar-refractivity contribution in [1.29, 1.82) is 0 Å². The van der Waals surface area contributed by atoms with Gasteiger partial charge < -0.3 is 0 Å². The third-order valence-corrected chi connectivity index (χ3v) is 3.58. The van der Waals surface area contributed by atoms with Crippen LogP contribution in [0, 0.1) is 5.92 Å². The van der Waals surface area contributed by atoms with Gasteiger partial charge in [0.05, 0.1) is 5.92 Å². The van der Waals surface area contributed by atoms with Crippen molar-refractivity contribution >= 4 is 6.04 Å². The van der Waals surface area contributed by atoms with Crippen LogP contribution in [0.4, 0.5) is 4.39 Å². The molecule has 0 saturated carbocycles. The molecule has 1 aliphatic carbocycles. The third kappa shape index (κ3) is 6.51. The standard InChI is InChI=1S/C17H25FO/c1-13(2)6-4-7-14(3)10-11-15-8-5-9-16(12-15)17(18)19/h6,8,10,16H,4-5,7,9,11-12H2,1-3H3/b14-10+. The van der Waals surface area contributed by atoms with Crippen LogP contribution in [-0.4, -0.2) is 6.04 Å². The first-order chi connectivity index (χ1) is 8.99. The smallest absolute Gasteiger partial charge is 0.261 e. The van der Waals surface area contributed by atoms with Crippen LogP contribution in [0.1, 0.15) is 59.3 Å². The molecule has 19 heavy (non-hydrogen) atoms. The van der Waals surface area contributed by atoms with Gasteiger partial charge in [0, 0.05) is 0 Å². The van der Waals surface area contributed by atoms with Crippen LogP contribution < -0.4 is 0 Å². The van der Waals surface area contributed by atoms with E-state index >= 15 is 0 Å². The summed E-state index contributed by atoms with van der Waals surface area (Å²) < 4.78 is 12.7. The van der Waals surface area contributed by atoms with Gasteiger partial charge in [0.2, 0.25) is 0 Å². The summed E-state index contributed by atoms with van der Waals surface area (Å²) in [6.45, 7) is 6.36. The van der Waals surface area contributed by atoms with E-state index in [-0.39, 0.29) is 5.92 Å². The van der Waals surface area contributed by atoms with Crippen LogP contribution >= 0.6 is 0 Å². The van der Waals surface area contributed by atoms with E-state index in [4.69, 9.17) is 0 Å². The van der Waals surface area contributed by atoms with E-state index in [0.29, 0.717) is 12.8 Å². The Morgan fingerprint density at radius 1 is 1.37 bits per heavy atom. The molecule has 0 bridgehead atoms. The molecule has 0 N–H and O–H groups in total. The van der Waals surface area contributed by atoms with Crippen molar-refractivity contribution < 1.29 is 9.18 Å². The zero-order chi connectivity index (χ0) is 14.3. The van der Waals surface area contributed by atoms with E-state index in [2.05, 4.69) is 39.0 Å². The summed E-state index contributed by atoms with van der Waals surface area (Å²) in [4.78, 5) is 10.8. The molecule has 0 radical (unpaired) electrons. The maximum absolute atomic E-state index is 12.7. The molecule has 0 aromatic rings. The van der Waals surface area contributed by atoms with Crippen molar-refractivity contribution in [3.63, 3.8) is 0 Å². The molecule has 0 spiro atoms. The van der Waals surface area contributed by atoms with Gasteiger partial charge in [0.15, 0.2) is 0 Å². The minimum Gasteiger partial charge on any atom is -0.261 e.